The number of nitrogens with two attached hydrogens (primary N) is 1. The minimum atomic E-state index is 0.113. The molecule has 1 fully saturated rings. The summed E-state index contributed by atoms with van der Waals surface area (Å²) in [6.45, 7) is 2.28. The van der Waals surface area contributed by atoms with Crippen molar-refractivity contribution in [2.45, 2.75) is 6.42 Å². The minimum absolute atomic E-state index is 0.113. The van der Waals surface area contributed by atoms with Crippen LogP contribution in [0.15, 0.2) is 30.5 Å². The van der Waals surface area contributed by atoms with Gasteiger partial charge >= 0.3 is 0 Å². The van der Waals surface area contributed by atoms with Gasteiger partial charge in [-0.3, -0.25) is 4.79 Å². The Kier molecular flexibility index (Phi) is 2.80. The van der Waals surface area contributed by atoms with E-state index in [2.05, 4.69) is 4.98 Å². The molecule has 1 aromatic carbocycles. The molecule has 1 aliphatic rings. The SMILES string of the molecule is NCC1CCN(C(=O)c2ccc3cc[nH]c3c2)C1. The molecule has 3 N–H and O–H groups in total. The number of aromatic amines is 1. The maximum absolute atomic E-state index is 12.3. The lowest BCUT2D eigenvalue weighted by molar-refractivity contribution is 0.0788. The second-order valence-corrected chi connectivity index (χ2v) is 4.92. The summed E-state index contributed by atoms with van der Waals surface area (Å²) in [6.07, 6.45) is 2.91. The minimum Gasteiger partial charge on any atom is -0.361 e. The van der Waals surface area contributed by atoms with Gasteiger partial charge in [0.25, 0.3) is 5.91 Å². The third-order valence-corrected chi connectivity index (χ3v) is 3.71. The number of likely N-dealkylation sites (tertiary alicyclic amines) is 1. The second-order valence-electron chi connectivity index (χ2n) is 4.92. The molecule has 1 aromatic heterocycles. The molecule has 1 amide bonds. The molecule has 3 rings (SSSR count). The van der Waals surface area contributed by atoms with E-state index in [0.29, 0.717) is 12.5 Å². The lowest BCUT2D eigenvalue weighted by Gasteiger charge is -2.16. The second kappa shape index (κ2) is 4.46. The Morgan fingerprint density at radius 3 is 3.11 bits per heavy atom. The van der Waals surface area contributed by atoms with Crippen molar-refractivity contribution < 1.29 is 4.79 Å². The molecule has 94 valence electrons. The zero-order valence-corrected chi connectivity index (χ0v) is 10.2. The number of carbonyl (C=O) groups excluding carboxylic acids is 1. The van der Waals surface area contributed by atoms with Crippen LogP contribution >= 0.6 is 0 Å². The molecule has 2 heterocycles. The molecule has 0 spiro atoms. The first-order valence-electron chi connectivity index (χ1n) is 6.34. The fourth-order valence-corrected chi connectivity index (χ4v) is 2.57. The molecule has 1 saturated heterocycles. The predicted octanol–water partition coefficient (Wildman–Crippen LogP) is 1.59. The Balaban J connectivity index is 1.83. The quantitative estimate of drug-likeness (QED) is 0.841. The number of nitrogens with one attached hydrogen (secondary N) is 1. The normalized spacial score (nSPS) is 19.6. The number of hydrogen-bond donors (Lipinski definition) is 2. The van der Waals surface area contributed by atoms with Crippen LogP contribution < -0.4 is 5.73 Å². The van der Waals surface area contributed by atoms with E-state index in [4.69, 9.17) is 5.73 Å². The first-order valence-corrected chi connectivity index (χ1v) is 6.34. The molecule has 0 aliphatic carbocycles. The number of hydrogen-bond acceptors (Lipinski definition) is 2. The number of fused-ring (bicyclic) bond motifs is 1. The summed E-state index contributed by atoms with van der Waals surface area (Å²) in [5.74, 6) is 0.575. The molecule has 1 atom stereocenters. The number of nitrogens with zero attached hydrogens (tertiary/aromatic N) is 1. The van der Waals surface area contributed by atoms with Gasteiger partial charge in [0.05, 0.1) is 0 Å². The van der Waals surface area contributed by atoms with Crippen molar-refractivity contribution >= 4 is 16.8 Å². The van der Waals surface area contributed by atoms with E-state index in [1.807, 2.05) is 35.4 Å². The topological polar surface area (TPSA) is 62.1 Å². The van der Waals surface area contributed by atoms with Crippen LogP contribution in [0.4, 0.5) is 0 Å². The summed E-state index contributed by atoms with van der Waals surface area (Å²) in [6, 6.07) is 7.81. The van der Waals surface area contributed by atoms with Crippen LogP contribution in [-0.4, -0.2) is 35.4 Å². The third kappa shape index (κ3) is 1.88. The molecule has 0 bridgehead atoms. The number of carbonyl (C=O) groups is 1. The van der Waals surface area contributed by atoms with Crippen LogP contribution in [0.1, 0.15) is 16.8 Å². The summed E-state index contributed by atoms with van der Waals surface area (Å²) < 4.78 is 0. The van der Waals surface area contributed by atoms with Gasteiger partial charge < -0.3 is 15.6 Å². The molecule has 2 aromatic rings. The Morgan fingerprint density at radius 1 is 1.44 bits per heavy atom. The van der Waals surface area contributed by atoms with Crippen LogP contribution in [-0.2, 0) is 0 Å². The van der Waals surface area contributed by atoms with E-state index < -0.39 is 0 Å². The molecule has 4 heteroatoms. The van der Waals surface area contributed by atoms with Crippen molar-refractivity contribution in [1.29, 1.82) is 0 Å². The highest BCUT2D eigenvalue weighted by Crippen LogP contribution is 2.20. The van der Waals surface area contributed by atoms with Crippen LogP contribution in [0, 0.1) is 5.92 Å². The Labute approximate surface area is 106 Å². The van der Waals surface area contributed by atoms with Crippen molar-refractivity contribution in [1.82, 2.24) is 9.88 Å². The summed E-state index contributed by atoms with van der Waals surface area (Å²) in [4.78, 5) is 17.4. The van der Waals surface area contributed by atoms with E-state index in [-0.39, 0.29) is 5.91 Å². The summed E-state index contributed by atoms with van der Waals surface area (Å²) in [5, 5.41) is 1.13. The van der Waals surface area contributed by atoms with Gasteiger partial charge in [0.15, 0.2) is 0 Å². The first-order chi connectivity index (χ1) is 8.78. The molecule has 18 heavy (non-hydrogen) atoms. The van der Waals surface area contributed by atoms with Crippen molar-refractivity contribution in [3.8, 4) is 0 Å². The highest BCUT2D eigenvalue weighted by Gasteiger charge is 2.25. The number of aromatic nitrogens is 1. The fourth-order valence-electron chi connectivity index (χ4n) is 2.57. The van der Waals surface area contributed by atoms with E-state index in [9.17, 15) is 4.79 Å². The van der Waals surface area contributed by atoms with E-state index >= 15 is 0 Å². The number of amides is 1. The highest BCUT2D eigenvalue weighted by atomic mass is 16.2. The largest absolute Gasteiger partial charge is 0.361 e. The van der Waals surface area contributed by atoms with Crippen LogP contribution in [0.2, 0.25) is 0 Å². The zero-order chi connectivity index (χ0) is 12.5. The van der Waals surface area contributed by atoms with Gasteiger partial charge in [0.1, 0.15) is 0 Å². The molecule has 0 radical (unpaired) electrons. The van der Waals surface area contributed by atoms with E-state index in [0.717, 1.165) is 36.0 Å². The first kappa shape index (κ1) is 11.3. The average Bonchev–Trinajstić information content (AvgIpc) is 3.05. The maximum atomic E-state index is 12.3. The van der Waals surface area contributed by atoms with Crippen LogP contribution in [0.25, 0.3) is 10.9 Å². The lowest BCUT2D eigenvalue weighted by atomic mass is 10.1. The summed E-state index contributed by atoms with van der Waals surface area (Å²) >= 11 is 0. The number of benzene rings is 1. The Morgan fingerprint density at radius 2 is 2.33 bits per heavy atom. The highest BCUT2D eigenvalue weighted by molar-refractivity contribution is 5.98. The van der Waals surface area contributed by atoms with Gasteiger partial charge in [-0.2, -0.15) is 0 Å². The standard InChI is InChI=1S/C14H17N3O/c15-8-10-4-6-17(9-10)14(18)12-2-1-11-3-5-16-13(11)7-12/h1-3,5,7,10,16H,4,6,8-9,15H2. The van der Waals surface area contributed by atoms with E-state index in [1.54, 1.807) is 0 Å². The number of rotatable bonds is 2. The monoisotopic (exact) mass is 243 g/mol. The van der Waals surface area contributed by atoms with Gasteiger partial charge in [0, 0.05) is 30.4 Å². The summed E-state index contributed by atoms with van der Waals surface area (Å²) in [7, 11) is 0. The zero-order valence-electron chi connectivity index (χ0n) is 10.2. The Bertz CT molecular complexity index is 575. The average molecular weight is 243 g/mol. The van der Waals surface area contributed by atoms with Gasteiger partial charge in [-0.25, -0.2) is 0 Å². The van der Waals surface area contributed by atoms with Gasteiger partial charge in [-0.05, 0) is 42.5 Å². The predicted molar refractivity (Wildman–Crippen MR) is 71.4 cm³/mol. The van der Waals surface area contributed by atoms with Crippen LogP contribution in [0.3, 0.4) is 0 Å². The van der Waals surface area contributed by atoms with Crippen molar-refractivity contribution in [2.75, 3.05) is 19.6 Å². The number of H-pyrrole nitrogens is 1. The maximum Gasteiger partial charge on any atom is 0.253 e. The molecule has 0 saturated carbocycles. The lowest BCUT2D eigenvalue weighted by Crippen LogP contribution is -2.29. The molecular weight excluding hydrogens is 226 g/mol. The molecule has 1 unspecified atom stereocenters. The van der Waals surface area contributed by atoms with Gasteiger partial charge in [-0.15, -0.1) is 0 Å². The van der Waals surface area contributed by atoms with Crippen molar-refractivity contribution in [3.05, 3.63) is 36.0 Å². The van der Waals surface area contributed by atoms with E-state index in [1.165, 1.54) is 0 Å². The third-order valence-electron chi connectivity index (χ3n) is 3.71. The fraction of sp³-hybridized carbons (Fsp3) is 0.357. The van der Waals surface area contributed by atoms with Gasteiger partial charge in [-0.1, -0.05) is 6.07 Å². The summed E-state index contributed by atoms with van der Waals surface area (Å²) in [5.41, 5.74) is 7.41. The van der Waals surface area contributed by atoms with Crippen LogP contribution in [0.5, 0.6) is 0 Å². The van der Waals surface area contributed by atoms with Crippen molar-refractivity contribution in [2.24, 2.45) is 11.7 Å². The Hall–Kier alpha value is -1.81. The van der Waals surface area contributed by atoms with Crippen molar-refractivity contribution in [3.63, 3.8) is 0 Å². The van der Waals surface area contributed by atoms with Gasteiger partial charge in [0.2, 0.25) is 0 Å². The molecule has 1 aliphatic heterocycles. The smallest absolute Gasteiger partial charge is 0.253 e. The molecule has 4 nitrogen and oxygen atoms in total. The molecular formula is C14H17N3O.